The number of carbonyl (C=O) groups is 4. The first-order valence-corrected chi connectivity index (χ1v) is 16.7. The van der Waals surface area contributed by atoms with Crippen LogP contribution >= 0.6 is 0 Å². The molecule has 2 aromatic carbocycles. The third-order valence-electron chi connectivity index (χ3n) is 9.79. The van der Waals surface area contributed by atoms with Crippen LogP contribution in [0.5, 0.6) is 5.75 Å². The highest BCUT2D eigenvalue weighted by Crippen LogP contribution is 2.53. The molecule has 0 radical (unpaired) electrons. The number of likely N-dealkylation sites (tertiary alicyclic amines) is 1. The molecule has 7 atom stereocenters. The first kappa shape index (κ1) is 33.4. The van der Waals surface area contributed by atoms with Crippen molar-refractivity contribution in [3.05, 3.63) is 84.5 Å². The van der Waals surface area contributed by atoms with E-state index in [1.54, 1.807) is 66.3 Å². The Morgan fingerprint density at radius 3 is 2.48 bits per heavy atom. The van der Waals surface area contributed by atoms with Gasteiger partial charge in [0, 0.05) is 31.8 Å². The number of ether oxygens (including phenoxy) is 3. The maximum atomic E-state index is 14.7. The topological polar surface area (TPSA) is 135 Å². The average Bonchev–Trinajstić information content (AvgIpc) is 3.47. The van der Waals surface area contributed by atoms with Crippen LogP contribution in [-0.2, 0) is 28.7 Å². The van der Waals surface area contributed by atoms with Crippen LogP contribution in [0.1, 0.15) is 50.7 Å². The van der Waals surface area contributed by atoms with Crippen molar-refractivity contribution in [3.8, 4) is 5.75 Å². The van der Waals surface area contributed by atoms with E-state index in [9.17, 15) is 24.3 Å². The number of hydrogen-bond acceptors (Lipinski definition) is 8. The van der Waals surface area contributed by atoms with Gasteiger partial charge < -0.3 is 34.4 Å². The Bertz CT molecular complexity index is 1560. The second kappa shape index (κ2) is 14.3. The molecule has 11 nitrogen and oxygen atoms in total. The largest absolute Gasteiger partial charge is 0.497 e. The summed E-state index contributed by atoms with van der Waals surface area (Å²) in [6, 6.07) is 14.8. The fourth-order valence-electron chi connectivity index (χ4n) is 7.51. The Labute approximate surface area is 280 Å². The van der Waals surface area contributed by atoms with E-state index in [1.165, 1.54) is 0 Å². The van der Waals surface area contributed by atoms with E-state index in [0.717, 1.165) is 0 Å². The number of unbranched alkanes of at least 4 members (excludes halogenated alkanes) is 2. The van der Waals surface area contributed by atoms with Crippen LogP contribution in [0.25, 0.3) is 0 Å². The minimum atomic E-state index is -1.44. The number of fused-ring (bicyclic) bond motifs is 2. The lowest BCUT2D eigenvalue weighted by atomic mass is 9.77. The molecule has 4 heterocycles. The first-order chi connectivity index (χ1) is 23.3. The number of aliphatic hydroxyl groups excluding tert-OH is 1. The molecule has 48 heavy (non-hydrogen) atoms. The van der Waals surface area contributed by atoms with Crippen molar-refractivity contribution in [2.75, 3.05) is 31.7 Å². The number of cyclic esters (lactones) is 1. The van der Waals surface area contributed by atoms with Gasteiger partial charge in [-0.05, 0) is 62.4 Å². The molecule has 0 unspecified atom stereocenters. The van der Waals surface area contributed by atoms with Crippen LogP contribution in [0.4, 0.5) is 5.69 Å². The number of amides is 3. The quantitative estimate of drug-likeness (QED) is 0.251. The SMILES string of the molecule is COc1ccc(N2CC=C[C@]34O[C@@H]5/C=C\CCC(=O)N[C@H](C)[C@@H](c6ccccc6)OC(=O)[C@@H]5[C@H]3C(=O)N(CCCCCO)[C@@H]4C2=O)cc1. The maximum absolute atomic E-state index is 14.7. The molecule has 6 rings (SSSR count). The van der Waals surface area contributed by atoms with Gasteiger partial charge in [-0.25, -0.2) is 0 Å². The zero-order chi connectivity index (χ0) is 33.8. The van der Waals surface area contributed by atoms with Gasteiger partial charge >= 0.3 is 5.97 Å². The summed E-state index contributed by atoms with van der Waals surface area (Å²) in [5, 5.41) is 12.3. The molecule has 254 valence electrons. The van der Waals surface area contributed by atoms with Crippen LogP contribution in [0.3, 0.4) is 0 Å². The van der Waals surface area contributed by atoms with Crippen LogP contribution in [0, 0.1) is 11.8 Å². The molecule has 11 heteroatoms. The third-order valence-corrected chi connectivity index (χ3v) is 9.79. The normalized spacial score (nSPS) is 31.1. The number of rotatable bonds is 8. The van der Waals surface area contributed by atoms with Gasteiger partial charge in [-0.15, -0.1) is 0 Å². The van der Waals surface area contributed by atoms with E-state index in [2.05, 4.69) is 5.32 Å². The standard InChI is InChI=1S/C37H43N3O8/c1-24-32(25-12-5-3-6-13-25)47-36(45)30-28(14-7-8-15-29(42)38-24)48-37-20-11-22-39(26-16-18-27(46-2)19-17-26)35(44)33(37)40(34(43)31(30)37)21-9-4-10-23-41/h3,5-7,11-14,16-20,24,28,30-33,41H,4,8-10,15,21-23H2,1-2H3,(H,38,42)/b14-7-/t24-,28-,30+,31+,32+,33-,37+/m1/s1. The fourth-order valence-corrected chi connectivity index (χ4v) is 7.51. The van der Waals surface area contributed by atoms with E-state index >= 15 is 0 Å². The van der Waals surface area contributed by atoms with E-state index < -0.39 is 47.7 Å². The number of nitrogens with zero attached hydrogens (tertiary/aromatic N) is 2. The molecule has 0 aromatic heterocycles. The van der Waals surface area contributed by atoms with Crippen molar-refractivity contribution in [1.82, 2.24) is 10.2 Å². The second-order valence-corrected chi connectivity index (χ2v) is 12.8. The summed E-state index contributed by atoms with van der Waals surface area (Å²) in [5.41, 5.74) is -0.0933. The molecule has 2 N–H and O–H groups in total. The number of hydrogen-bond donors (Lipinski definition) is 2. The Morgan fingerprint density at radius 1 is 0.979 bits per heavy atom. The van der Waals surface area contributed by atoms with Gasteiger partial charge in [-0.1, -0.05) is 54.6 Å². The summed E-state index contributed by atoms with van der Waals surface area (Å²) in [6.45, 7) is 2.32. The summed E-state index contributed by atoms with van der Waals surface area (Å²) in [4.78, 5) is 59.7. The van der Waals surface area contributed by atoms with E-state index in [-0.39, 0.29) is 43.8 Å². The summed E-state index contributed by atoms with van der Waals surface area (Å²) in [6.07, 6.45) is 7.89. The lowest BCUT2D eigenvalue weighted by Gasteiger charge is -2.35. The molecule has 0 aliphatic carbocycles. The summed E-state index contributed by atoms with van der Waals surface area (Å²) >= 11 is 0. The predicted molar refractivity (Wildman–Crippen MR) is 177 cm³/mol. The van der Waals surface area contributed by atoms with E-state index in [1.807, 2.05) is 36.4 Å². The van der Waals surface area contributed by atoms with E-state index in [0.29, 0.717) is 42.7 Å². The number of allylic oxidation sites excluding steroid dienone is 1. The minimum absolute atomic E-state index is 0.0311. The van der Waals surface area contributed by atoms with Crippen LogP contribution in [0.15, 0.2) is 78.9 Å². The Hall–Kier alpha value is -4.48. The highest BCUT2D eigenvalue weighted by atomic mass is 16.6. The second-order valence-electron chi connectivity index (χ2n) is 12.8. The monoisotopic (exact) mass is 657 g/mol. The van der Waals surface area contributed by atoms with Crippen molar-refractivity contribution in [3.63, 3.8) is 0 Å². The highest BCUT2D eigenvalue weighted by molar-refractivity contribution is 6.05. The molecular weight excluding hydrogens is 614 g/mol. The van der Waals surface area contributed by atoms with Crippen LogP contribution in [-0.4, -0.2) is 84.3 Å². The number of aliphatic hydroxyl groups is 1. The molecular formula is C37H43N3O8. The maximum Gasteiger partial charge on any atom is 0.313 e. The Balaban J connectivity index is 1.41. The Kier molecular flexibility index (Phi) is 9.98. The van der Waals surface area contributed by atoms with E-state index in [4.69, 9.17) is 14.2 Å². The summed E-state index contributed by atoms with van der Waals surface area (Å²) in [7, 11) is 1.57. The molecule has 4 aliphatic heterocycles. The summed E-state index contributed by atoms with van der Waals surface area (Å²) < 4.78 is 18.4. The van der Waals surface area contributed by atoms with Crippen molar-refractivity contribution < 1.29 is 38.5 Å². The minimum Gasteiger partial charge on any atom is -0.497 e. The van der Waals surface area contributed by atoms with Crippen molar-refractivity contribution in [1.29, 1.82) is 0 Å². The molecule has 1 spiro atoms. The lowest BCUT2D eigenvalue weighted by molar-refractivity contribution is -0.161. The van der Waals surface area contributed by atoms with Gasteiger partial charge in [0.05, 0.1) is 25.2 Å². The average molecular weight is 658 g/mol. The lowest BCUT2D eigenvalue weighted by Crippen LogP contribution is -2.55. The molecule has 4 aliphatic rings. The number of methoxy groups -OCH3 is 1. The first-order valence-electron chi connectivity index (χ1n) is 16.7. The number of esters is 1. The van der Waals surface area contributed by atoms with Gasteiger partial charge in [0.2, 0.25) is 11.8 Å². The van der Waals surface area contributed by atoms with Gasteiger partial charge in [-0.3, -0.25) is 19.2 Å². The van der Waals surface area contributed by atoms with Crippen molar-refractivity contribution in [2.24, 2.45) is 11.8 Å². The number of carbonyl (C=O) groups excluding carboxylic acids is 4. The molecule has 2 saturated heterocycles. The Morgan fingerprint density at radius 2 is 1.75 bits per heavy atom. The van der Waals surface area contributed by atoms with Crippen molar-refractivity contribution in [2.45, 2.75) is 68.9 Å². The number of benzene rings is 2. The summed E-state index contributed by atoms with van der Waals surface area (Å²) in [5.74, 6) is -2.89. The smallest absolute Gasteiger partial charge is 0.313 e. The molecule has 2 fully saturated rings. The van der Waals surface area contributed by atoms with Gasteiger partial charge in [0.1, 0.15) is 29.4 Å². The third kappa shape index (κ3) is 6.24. The molecule has 2 aromatic rings. The van der Waals surface area contributed by atoms with Gasteiger partial charge in [-0.2, -0.15) is 0 Å². The van der Waals surface area contributed by atoms with Crippen LogP contribution < -0.4 is 15.0 Å². The molecule has 0 saturated carbocycles. The van der Waals surface area contributed by atoms with Gasteiger partial charge in [0.15, 0.2) is 0 Å². The van der Waals surface area contributed by atoms with Gasteiger partial charge in [0.25, 0.3) is 5.91 Å². The molecule has 0 bridgehead atoms. The number of anilines is 1. The van der Waals surface area contributed by atoms with Crippen LogP contribution in [0.2, 0.25) is 0 Å². The fraction of sp³-hybridized carbons (Fsp3) is 0.459. The van der Waals surface area contributed by atoms with Crippen molar-refractivity contribution >= 4 is 29.4 Å². The number of nitrogens with one attached hydrogen (secondary N) is 1. The predicted octanol–water partition coefficient (Wildman–Crippen LogP) is 3.48. The zero-order valence-electron chi connectivity index (χ0n) is 27.3. The molecule has 3 amide bonds. The highest BCUT2D eigenvalue weighted by Gasteiger charge is 2.71. The zero-order valence-corrected chi connectivity index (χ0v) is 27.3.